The van der Waals surface area contributed by atoms with Gasteiger partial charge in [-0.05, 0) is 6.07 Å². The van der Waals surface area contributed by atoms with Crippen LogP contribution in [0.4, 0.5) is 0 Å². The smallest absolute Gasteiger partial charge is 0.250 e. The van der Waals surface area contributed by atoms with Crippen molar-refractivity contribution in [3.8, 4) is 0 Å². The predicted octanol–water partition coefficient (Wildman–Crippen LogP) is -1.50. The average molecular weight is 385 g/mol. The minimum Gasteiger partial charge on any atom is -0.392 e. The third-order valence-electron chi connectivity index (χ3n) is 3.27. The molecule has 0 aliphatic carbocycles. The third kappa shape index (κ3) is 4.93. The van der Waals surface area contributed by atoms with Gasteiger partial charge in [0.05, 0.1) is 19.8 Å². The first-order valence-corrected chi connectivity index (χ1v) is 10.6. The molecule has 1 saturated heterocycles. The lowest BCUT2D eigenvalue weighted by atomic mass is 10.4. The van der Waals surface area contributed by atoms with E-state index in [0.717, 1.165) is 19.2 Å². The molecule has 1 aromatic heterocycles. The van der Waals surface area contributed by atoms with E-state index in [-0.39, 0.29) is 20.5 Å². The Morgan fingerprint density at radius 2 is 1.96 bits per heavy atom. The predicted molar refractivity (Wildman–Crippen MR) is 84.1 cm³/mol. The number of primary sulfonamides is 1. The fourth-order valence-corrected chi connectivity index (χ4v) is 5.76. The maximum atomic E-state index is 12.3. The second kappa shape index (κ2) is 7.53. The Bertz CT molecular complexity index is 737. The lowest BCUT2D eigenvalue weighted by Gasteiger charge is -2.26. The van der Waals surface area contributed by atoms with Crippen molar-refractivity contribution in [1.82, 2.24) is 9.62 Å². The summed E-state index contributed by atoms with van der Waals surface area (Å²) >= 11 is 0.527. The molecule has 132 valence electrons. The van der Waals surface area contributed by atoms with Gasteiger partial charge >= 0.3 is 0 Å². The Labute approximate surface area is 139 Å². The molecule has 12 heteroatoms. The number of thiophene rings is 1. The maximum Gasteiger partial charge on any atom is 0.250 e. The van der Waals surface area contributed by atoms with Gasteiger partial charge in [-0.2, -0.15) is 0 Å². The van der Waals surface area contributed by atoms with E-state index >= 15 is 0 Å². The molecule has 23 heavy (non-hydrogen) atoms. The summed E-state index contributed by atoms with van der Waals surface area (Å²) in [6.07, 6.45) is 0. The van der Waals surface area contributed by atoms with E-state index in [9.17, 15) is 21.9 Å². The van der Waals surface area contributed by atoms with Gasteiger partial charge in [0.1, 0.15) is 8.42 Å². The van der Waals surface area contributed by atoms with Crippen LogP contribution in [0.15, 0.2) is 14.5 Å². The topological polar surface area (TPSA) is 139 Å². The van der Waals surface area contributed by atoms with Gasteiger partial charge in [0.25, 0.3) is 10.0 Å². The molecule has 1 aromatic rings. The van der Waals surface area contributed by atoms with Crippen LogP contribution in [0.25, 0.3) is 0 Å². The summed E-state index contributed by atoms with van der Waals surface area (Å²) < 4.78 is 54.4. The molecular weight excluding hydrogens is 366 g/mol. The van der Waals surface area contributed by atoms with Gasteiger partial charge in [-0.3, -0.25) is 4.90 Å². The zero-order chi connectivity index (χ0) is 17.1. The van der Waals surface area contributed by atoms with Crippen molar-refractivity contribution in [3.05, 3.63) is 11.6 Å². The van der Waals surface area contributed by atoms with Crippen molar-refractivity contribution < 1.29 is 26.7 Å². The molecule has 1 aliphatic heterocycles. The molecule has 1 fully saturated rings. The molecule has 4 N–H and O–H groups in total. The quantitative estimate of drug-likeness (QED) is 0.519. The Morgan fingerprint density at radius 1 is 1.30 bits per heavy atom. The van der Waals surface area contributed by atoms with Crippen LogP contribution >= 0.6 is 11.3 Å². The zero-order valence-corrected chi connectivity index (χ0v) is 14.7. The fraction of sp³-hybridized carbons (Fsp3) is 0.636. The molecule has 0 amide bonds. The van der Waals surface area contributed by atoms with E-state index in [1.54, 1.807) is 0 Å². The van der Waals surface area contributed by atoms with Crippen molar-refractivity contribution in [1.29, 1.82) is 0 Å². The van der Waals surface area contributed by atoms with Crippen molar-refractivity contribution >= 4 is 31.4 Å². The molecule has 2 heterocycles. The van der Waals surface area contributed by atoms with Crippen LogP contribution in [0.5, 0.6) is 0 Å². The molecule has 0 radical (unpaired) electrons. The van der Waals surface area contributed by atoms with Gasteiger partial charge < -0.3 is 9.84 Å². The molecule has 0 bridgehead atoms. The molecule has 0 unspecified atom stereocenters. The number of hydrogen-bond donors (Lipinski definition) is 3. The number of ether oxygens (including phenoxy) is 1. The highest BCUT2D eigenvalue weighted by Gasteiger charge is 2.25. The van der Waals surface area contributed by atoms with Crippen LogP contribution in [0.3, 0.4) is 0 Å². The summed E-state index contributed by atoms with van der Waals surface area (Å²) in [5.74, 6) is 0. The van der Waals surface area contributed by atoms with Crippen LogP contribution in [0.1, 0.15) is 5.56 Å². The highest BCUT2D eigenvalue weighted by Crippen LogP contribution is 2.29. The van der Waals surface area contributed by atoms with Crippen LogP contribution in [0, 0.1) is 0 Å². The summed E-state index contributed by atoms with van der Waals surface area (Å²) in [5, 5.41) is 14.2. The molecule has 2 rings (SSSR count). The van der Waals surface area contributed by atoms with Crippen molar-refractivity contribution in [2.75, 3.05) is 39.4 Å². The summed E-state index contributed by atoms with van der Waals surface area (Å²) in [6.45, 7) is 2.80. The monoisotopic (exact) mass is 385 g/mol. The highest BCUT2D eigenvalue weighted by molar-refractivity contribution is 7.94. The largest absolute Gasteiger partial charge is 0.392 e. The van der Waals surface area contributed by atoms with Gasteiger partial charge in [-0.15, -0.1) is 11.3 Å². The Balaban J connectivity index is 2.08. The first kappa shape index (κ1) is 18.7. The van der Waals surface area contributed by atoms with Crippen LogP contribution in [-0.2, 0) is 31.4 Å². The van der Waals surface area contributed by atoms with Gasteiger partial charge in [0, 0.05) is 31.7 Å². The van der Waals surface area contributed by atoms with Crippen LogP contribution in [-0.4, -0.2) is 66.2 Å². The van der Waals surface area contributed by atoms with E-state index in [4.69, 9.17) is 9.88 Å². The Kier molecular flexibility index (Phi) is 6.13. The van der Waals surface area contributed by atoms with E-state index in [2.05, 4.69) is 9.62 Å². The van der Waals surface area contributed by atoms with E-state index < -0.39 is 26.7 Å². The van der Waals surface area contributed by atoms with Crippen molar-refractivity contribution in [2.24, 2.45) is 5.14 Å². The molecule has 0 atom stereocenters. The van der Waals surface area contributed by atoms with E-state index in [0.29, 0.717) is 31.1 Å². The second-order valence-corrected chi connectivity index (χ2v) is 9.74. The van der Waals surface area contributed by atoms with E-state index in [1.807, 2.05) is 0 Å². The number of rotatable bonds is 7. The normalized spacial score (nSPS) is 17.5. The number of aliphatic hydroxyl groups is 1. The summed E-state index contributed by atoms with van der Waals surface area (Å²) in [6, 6.07) is 1.08. The molecule has 0 aromatic carbocycles. The van der Waals surface area contributed by atoms with Crippen LogP contribution < -0.4 is 9.86 Å². The van der Waals surface area contributed by atoms with Gasteiger partial charge in [-0.1, -0.05) is 0 Å². The standard InChI is InChI=1S/C11H19N3O6S3/c12-22(16,17)10-7-9(8-15)11(21-10)23(18,19)13-1-2-14-3-5-20-6-4-14/h7,13,15H,1-6,8H2,(H2,12,16,17). The van der Waals surface area contributed by atoms with Gasteiger partial charge in [0.2, 0.25) is 10.0 Å². The second-order valence-electron chi connectivity index (χ2n) is 4.93. The number of hydrogen-bond acceptors (Lipinski definition) is 8. The van der Waals surface area contributed by atoms with Crippen LogP contribution in [0.2, 0.25) is 0 Å². The molecule has 1 aliphatic rings. The summed E-state index contributed by atoms with van der Waals surface area (Å²) in [5.41, 5.74) is 0.0119. The minimum atomic E-state index is -4.02. The first-order chi connectivity index (χ1) is 10.7. The molecule has 0 saturated carbocycles. The molecule has 0 spiro atoms. The first-order valence-electron chi connectivity index (χ1n) is 6.80. The summed E-state index contributed by atoms with van der Waals surface area (Å²) in [4.78, 5) is 2.06. The summed E-state index contributed by atoms with van der Waals surface area (Å²) in [7, 11) is -7.93. The Morgan fingerprint density at radius 3 is 2.52 bits per heavy atom. The van der Waals surface area contributed by atoms with Crippen molar-refractivity contribution in [3.63, 3.8) is 0 Å². The SMILES string of the molecule is NS(=O)(=O)c1cc(CO)c(S(=O)(=O)NCCN2CCOCC2)s1. The lowest BCUT2D eigenvalue weighted by Crippen LogP contribution is -2.41. The highest BCUT2D eigenvalue weighted by atomic mass is 32.3. The Hall–Kier alpha value is -0.600. The number of sulfonamides is 2. The fourth-order valence-electron chi connectivity index (χ4n) is 2.09. The minimum absolute atomic E-state index is 0.0119. The van der Waals surface area contributed by atoms with Gasteiger partial charge in [0.15, 0.2) is 0 Å². The molecular formula is C11H19N3O6S3. The number of morpholine rings is 1. The van der Waals surface area contributed by atoms with E-state index in [1.165, 1.54) is 0 Å². The molecule has 9 nitrogen and oxygen atoms in total. The number of nitrogens with two attached hydrogens (primary N) is 1. The number of nitrogens with zero attached hydrogens (tertiary/aromatic N) is 1. The third-order valence-corrected chi connectivity index (χ3v) is 7.90. The number of aliphatic hydroxyl groups excluding tert-OH is 1. The lowest BCUT2D eigenvalue weighted by molar-refractivity contribution is 0.0390. The average Bonchev–Trinajstić information content (AvgIpc) is 2.93. The zero-order valence-electron chi connectivity index (χ0n) is 12.3. The maximum absolute atomic E-state index is 12.3. The van der Waals surface area contributed by atoms with Crippen molar-refractivity contribution in [2.45, 2.75) is 15.0 Å². The van der Waals surface area contributed by atoms with Gasteiger partial charge in [-0.25, -0.2) is 26.7 Å². The number of nitrogens with one attached hydrogen (secondary N) is 1.